The third-order valence-electron chi connectivity index (χ3n) is 4.00. The molecule has 1 rings (SSSR count). The highest BCUT2D eigenvalue weighted by Gasteiger charge is 2.30. The molecular formula is C19H23ClN2O5. The summed E-state index contributed by atoms with van der Waals surface area (Å²) in [6.45, 7) is 4.75. The normalized spacial score (nSPS) is 13.0. The second kappa shape index (κ2) is 9.83. The van der Waals surface area contributed by atoms with Crippen molar-refractivity contribution in [3.63, 3.8) is 0 Å². The number of carbonyl (C=O) groups is 2. The average Bonchev–Trinajstić information content (AvgIpc) is 2.63. The first-order valence-electron chi connectivity index (χ1n) is 8.15. The average molecular weight is 395 g/mol. The zero-order valence-corrected chi connectivity index (χ0v) is 16.7. The van der Waals surface area contributed by atoms with E-state index >= 15 is 0 Å². The van der Waals surface area contributed by atoms with E-state index in [1.165, 1.54) is 20.3 Å². The number of amides is 1. The number of benzene rings is 1. The summed E-state index contributed by atoms with van der Waals surface area (Å²) < 4.78 is 15.2. The van der Waals surface area contributed by atoms with Gasteiger partial charge in [-0.2, -0.15) is 5.26 Å². The molecule has 27 heavy (non-hydrogen) atoms. The highest BCUT2D eigenvalue weighted by Crippen LogP contribution is 2.36. The van der Waals surface area contributed by atoms with Crippen molar-refractivity contribution < 1.29 is 23.8 Å². The van der Waals surface area contributed by atoms with Crippen molar-refractivity contribution in [3.05, 3.63) is 28.8 Å². The van der Waals surface area contributed by atoms with Gasteiger partial charge in [0.1, 0.15) is 5.54 Å². The van der Waals surface area contributed by atoms with Gasteiger partial charge in [-0.3, -0.25) is 4.79 Å². The molecule has 0 aliphatic heterocycles. The van der Waals surface area contributed by atoms with Crippen molar-refractivity contribution in [1.29, 1.82) is 5.26 Å². The number of nitriles is 1. The van der Waals surface area contributed by atoms with Gasteiger partial charge in [-0.15, -0.1) is 0 Å². The van der Waals surface area contributed by atoms with Crippen LogP contribution in [0.3, 0.4) is 0 Å². The van der Waals surface area contributed by atoms with Crippen LogP contribution in [0.4, 0.5) is 0 Å². The summed E-state index contributed by atoms with van der Waals surface area (Å²) >= 11 is 6.10. The van der Waals surface area contributed by atoms with Gasteiger partial charge < -0.3 is 19.5 Å². The summed E-state index contributed by atoms with van der Waals surface area (Å²) in [4.78, 5) is 23.7. The SMILES string of the molecule is COc1cc(/C=C/C(=O)OCC(=O)N[C@](C)(C#N)C(C)C)cc(Cl)c1OC. The molecule has 1 N–H and O–H groups in total. The van der Waals surface area contributed by atoms with Crippen molar-refractivity contribution in [2.45, 2.75) is 26.3 Å². The van der Waals surface area contributed by atoms with Crippen LogP contribution in [-0.4, -0.2) is 38.2 Å². The molecule has 0 saturated carbocycles. The minimum absolute atomic E-state index is 0.100. The van der Waals surface area contributed by atoms with E-state index < -0.39 is 24.0 Å². The first-order valence-corrected chi connectivity index (χ1v) is 8.53. The monoisotopic (exact) mass is 394 g/mol. The lowest BCUT2D eigenvalue weighted by molar-refractivity contribution is -0.144. The van der Waals surface area contributed by atoms with Crippen molar-refractivity contribution in [2.75, 3.05) is 20.8 Å². The quantitative estimate of drug-likeness (QED) is 0.537. The van der Waals surface area contributed by atoms with Gasteiger partial charge in [-0.05, 0) is 36.6 Å². The van der Waals surface area contributed by atoms with E-state index in [1.807, 2.05) is 19.9 Å². The van der Waals surface area contributed by atoms with Crippen LogP contribution in [-0.2, 0) is 14.3 Å². The molecule has 7 nitrogen and oxygen atoms in total. The van der Waals surface area contributed by atoms with E-state index in [-0.39, 0.29) is 5.92 Å². The van der Waals surface area contributed by atoms with Gasteiger partial charge in [0.15, 0.2) is 18.1 Å². The third-order valence-corrected chi connectivity index (χ3v) is 4.28. The van der Waals surface area contributed by atoms with Gasteiger partial charge in [0, 0.05) is 6.08 Å². The molecule has 1 amide bonds. The fourth-order valence-electron chi connectivity index (χ4n) is 2.01. The molecule has 0 aliphatic carbocycles. The van der Waals surface area contributed by atoms with Crippen LogP contribution >= 0.6 is 11.6 Å². The van der Waals surface area contributed by atoms with Crippen LogP contribution in [0.1, 0.15) is 26.3 Å². The first kappa shape index (κ1) is 22.3. The zero-order valence-electron chi connectivity index (χ0n) is 16.0. The van der Waals surface area contributed by atoms with Crippen LogP contribution < -0.4 is 14.8 Å². The highest BCUT2D eigenvalue weighted by atomic mass is 35.5. The second-order valence-corrected chi connectivity index (χ2v) is 6.60. The fraction of sp³-hybridized carbons (Fsp3) is 0.421. The maximum absolute atomic E-state index is 11.9. The number of rotatable bonds is 8. The van der Waals surface area contributed by atoms with Crippen molar-refractivity contribution in [1.82, 2.24) is 5.32 Å². The van der Waals surface area contributed by atoms with Gasteiger partial charge in [-0.1, -0.05) is 25.4 Å². The van der Waals surface area contributed by atoms with E-state index in [0.29, 0.717) is 22.1 Å². The Labute approximate surface area is 163 Å². The number of nitrogens with one attached hydrogen (secondary N) is 1. The Bertz CT molecular complexity index is 770. The number of hydrogen-bond donors (Lipinski definition) is 1. The number of halogens is 1. The molecule has 1 atom stereocenters. The number of ether oxygens (including phenoxy) is 3. The number of nitrogens with zero attached hydrogens (tertiary/aromatic N) is 1. The molecule has 0 unspecified atom stereocenters. The van der Waals surface area contributed by atoms with Gasteiger partial charge in [0.05, 0.1) is 25.3 Å². The van der Waals surface area contributed by atoms with Gasteiger partial charge in [0.25, 0.3) is 5.91 Å². The molecule has 1 aromatic rings. The van der Waals surface area contributed by atoms with E-state index in [2.05, 4.69) is 5.32 Å². The second-order valence-electron chi connectivity index (χ2n) is 6.20. The van der Waals surface area contributed by atoms with Crippen molar-refractivity contribution in [3.8, 4) is 17.6 Å². The zero-order chi connectivity index (χ0) is 20.6. The van der Waals surface area contributed by atoms with E-state index in [0.717, 1.165) is 6.08 Å². The molecule has 0 heterocycles. The Morgan fingerprint density at radius 3 is 2.52 bits per heavy atom. The molecule has 8 heteroatoms. The predicted octanol–water partition coefficient (Wildman–Crippen LogP) is 2.97. The molecule has 0 bridgehead atoms. The van der Waals surface area contributed by atoms with Crippen LogP contribution in [0, 0.1) is 17.2 Å². The smallest absolute Gasteiger partial charge is 0.331 e. The lowest BCUT2D eigenvalue weighted by Crippen LogP contribution is -2.50. The van der Waals surface area contributed by atoms with Gasteiger partial charge in [-0.25, -0.2) is 4.79 Å². The molecule has 1 aromatic carbocycles. The van der Waals surface area contributed by atoms with Gasteiger partial charge >= 0.3 is 5.97 Å². The van der Waals surface area contributed by atoms with E-state index in [9.17, 15) is 14.9 Å². The molecule has 0 aromatic heterocycles. The summed E-state index contributed by atoms with van der Waals surface area (Å²) in [5, 5.41) is 12.1. The fourth-order valence-corrected chi connectivity index (χ4v) is 2.31. The molecule has 146 valence electrons. The van der Waals surface area contributed by atoms with Crippen LogP contribution in [0.2, 0.25) is 5.02 Å². The minimum Gasteiger partial charge on any atom is -0.493 e. The van der Waals surface area contributed by atoms with E-state index in [4.69, 9.17) is 25.8 Å². The Morgan fingerprint density at radius 2 is 2.00 bits per heavy atom. The molecule has 0 aliphatic rings. The molecular weight excluding hydrogens is 372 g/mol. The third kappa shape index (κ3) is 6.19. The maximum Gasteiger partial charge on any atom is 0.331 e. The van der Waals surface area contributed by atoms with E-state index in [1.54, 1.807) is 19.1 Å². The summed E-state index contributed by atoms with van der Waals surface area (Å²) in [5.41, 5.74) is -0.439. The van der Waals surface area contributed by atoms with Crippen molar-refractivity contribution >= 4 is 29.6 Å². The van der Waals surface area contributed by atoms with Crippen molar-refractivity contribution in [2.24, 2.45) is 5.92 Å². The van der Waals surface area contributed by atoms with Crippen LogP contribution in [0.15, 0.2) is 18.2 Å². The topological polar surface area (TPSA) is 97.6 Å². The number of esters is 1. The summed E-state index contributed by atoms with van der Waals surface area (Å²) in [6.07, 6.45) is 2.64. The first-order chi connectivity index (χ1) is 12.7. The lowest BCUT2D eigenvalue weighted by atomic mass is 9.90. The summed E-state index contributed by atoms with van der Waals surface area (Å²) in [6, 6.07) is 5.29. The molecule has 0 radical (unpaired) electrons. The molecule has 0 fully saturated rings. The largest absolute Gasteiger partial charge is 0.493 e. The lowest BCUT2D eigenvalue weighted by Gasteiger charge is -2.27. The highest BCUT2D eigenvalue weighted by molar-refractivity contribution is 6.32. The predicted molar refractivity (Wildman–Crippen MR) is 102 cm³/mol. The van der Waals surface area contributed by atoms with Crippen LogP contribution in [0.25, 0.3) is 6.08 Å². The standard InChI is InChI=1S/C19H23ClN2O5/c1-12(2)19(3,11-21)22-16(23)10-27-17(24)7-6-13-8-14(20)18(26-5)15(9-13)25-4/h6-9,12H,10H2,1-5H3,(H,22,23)/b7-6+/t19-/m1/s1. The minimum atomic E-state index is -1.03. The Balaban J connectivity index is 2.69. The molecule has 0 saturated heterocycles. The Morgan fingerprint density at radius 1 is 1.33 bits per heavy atom. The summed E-state index contributed by atoms with van der Waals surface area (Å²) in [5.74, 6) is -0.553. The number of carbonyl (C=O) groups excluding carboxylic acids is 2. The molecule has 0 spiro atoms. The maximum atomic E-state index is 11.9. The van der Waals surface area contributed by atoms with Crippen LogP contribution in [0.5, 0.6) is 11.5 Å². The Hall–Kier alpha value is -2.72. The number of methoxy groups -OCH3 is 2. The Kier molecular flexibility index (Phi) is 8.13. The van der Waals surface area contributed by atoms with Gasteiger partial charge in [0.2, 0.25) is 0 Å². The number of hydrogen-bond acceptors (Lipinski definition) is 6. The summed E-state index contributed by atoms with van der Waals surface area (Å²) in [7, 11) is 2.94.